The van der Waals surface area contributed by atoms with Gasteiger partial charge in [0.15, 0.2) is 0 Å². The van der Waals surface area contributed by atoms with Crippen molar-refractivity contribution in [2.75, 3.05) is 18.1 Å². The van der Waals surface area contributed by atoms with Crippen LogP contribution in [0.1, 0.15) is 12.8 Å². The molecule has 6 heteroatoms. The van der Waals surface area contributed by atoms with Crippen LogP contribution >= 0.6 is 15.9 Å². The van der Waals surface area contributed by atoms with Gasteiger partial charge in [0.1, 0.15) is 6.04 Å². The highest BCUT2D eigenvalue weighted by Crippen LogP contribution is 2.31. The van der Waals surface area contributed by atoms with E-state index in [1.807, 2.05) is 18.2 Å². The number of urea groups is 1. The van der Waals surface area contributed by atoms with Gasteiger partial charge in [0.2, 0.25) is 0 Å². The van der Waals surface area contributed by atoms with Crippen molar-refractivity contribution < 1.29 is 14.3 Å². The minimum atomic E-state index is -0.432. The Hall–Kier alpha value is -1.40. The van der Waals surface area contributed by atoms with E-state index in [-0.39, 0.29) is 17.9 Å². The second-order valence-corrected chi connectivity index (χ2v) is 5.86. The first kappa shape index (κ1) is 13.6. The van der Waals surface area contributed by atoms with Gasteiger partial charge in [-0.1, -0.05) is 12.1 Å². The number of imide groups is 1. The molecule has 0 radical (unpaired) electrons. The van der Waals surface area contributed by atoms with Crippen LogP contribution in [0.25, 0.3) is 0 Å². The number of nitrogens with one attached hydrogen (secondary N) is 1. The van der Waals surface area contributed by atoms with E-state index in [1.165, 1.54) is 4.90 Å². The number of ether oxygens (including phenoxy) is 1. The van der Waals surface area contributed by atoms with Gasteiger partial charge in [-0.15, -0.1) is 0 Å². The van der Waals surface area contributed by atoms with Crippen LogP contribution in [-0.4, -0.2) is 31.2 Å². The number of carbonyl (C=O) groups excluding carboxylic acids is 2. The molecule has 2 aliphatic heterocycles. The number of halogens is 1. The molecule has 1 aromatic carbocycles. The maximum atomic E-state index is 12.5. The van der Waals surface area contributed by atoms with E-state index in [2.05, 4.69) is 21.2 Å². The van der Waals surface area contributed by atoms with Crippen molar-refractivity contribution in [3.8, 4) is 0 Å². The number of benzene rings is 1. The Kier molecular flexibility index (Phi) is 3.76. The van der Waals surface area contributed by atoms with E-state index in [4.69, 9.17) is 4.74 Å². The Morgan fingerprint density at radius 1 is 1.20 bits per heavy atom. The summed E-state index contributed by atoms with van der Waals surface area (Å²) in [6.45, 7) is 1.30. The lowest BCUT2D eigenvalue weighted by Crippen LogP contribution is -2.40. The minimum absolute atomic E-state index is 0.160. The second kappa shape index (κ2) is 5.54. The van der Waals surface area contributed by atoms with Gasteiger partial charge >= 0.3 is 6.03 Å². The van der Waals surface area contributed by atoms with Crippen LogP contribution in [0.3, 0.4) is 0 Å². The number of para-hydroxylation sites is 1. The predicted octanol–water partition coefficient (Wildman–Crippen LogP) is 2.30. The number of amides is 3. The van der Waals surface area contributed by atoms with Gasteiger partial charge in [0.05, 0.1) is 5.69 Å². The molecule has 2 fully saturated rings. The van der Waals surface area contributed by atoms with Crippen molar-refractivity contribution in [3.05, 3.63) is 28.7 Å². The summed E-state index contributed by atoms with van der Waals surface area (Å²) in [5.41, 5.74) is 0.588. The van der Waals surface area contributed by atoms with E-state index >= 15 is 0 Å². The highest BCUT2D eigenvalue weighted by atomic mass is 79.9. The molecule has 5 nitrogen and oxygen atoms in total. The van der Waals surface area contributed by atoms with Crippen molar-refractivity contribution >= 4 is 33.6 Å². The van der Waals surface area contributed by atoms with Crippen LogP contribution in [0.2, 0.25) is 0 Å². The second-order valence-electron chi connectivity index (χ2n) is 5.00. The van der Waals surface area contributed by atoms with Crippen LogP contribution in [0.5, 0.6) is 0 Å². The molecule has 20 heavy (non-hydrogen) atoms. The Morgan fingerprint density at radius 3 is 2.60 bits per heavy atom. The summed E-state index contributed by atoms with van der Waals surface area (Å²) in [6.07, 6.45) is 1.61. The molecule has 1 aromatic rings. The maximum Gasteiger partial charge on any atom is 0.329 e. The monoisotopic (exact) mass is 338 g/mol. The molecule has 0 saturated carbocycles. The van der Waals surface area contributed by atoms with Crippen molar-refractivity contribution in [1.82, 2.24) is 5.32 Å². The smallest absolute Gasteiger partial charge is 0.329 e. The molecular weight excluding hydrogens is 324 g/mol. The molecular formula is C14H15BrN2O3. The first-order valence-electron chi connectivity index (χ1n) is 6.65. The van der Waals surface area contributed by atoms with Gasteiger partial charge in [0, 0.05) is 17.7 Å². The highest BCUT2D eigenvalue weighted by Gasteiger charge is 2.43. The summed E-state index contributed by atoms with van der Waals surface area (Å²) < 4.78 is 6.04. The molecule has 3 amide bonds. The average molecular weight is 339 g/mol. The molecule has 2 heterocycles. The predicted molar refractivity (Wildman–Crippen MR) is 77.5 cm³/mol. The summed E-state index contributed by atoms with van der Waals surface area (Å²) in [4.78, 5) is 25.9. The minimum Gasteiger partial charge on any atom is -0.381 e. The lowest BCUT2D eigenvalue weighted by Gasteiger charge is -2.25. The molecule has 0 aromatic heterocycles. The lowest BCUT2D eigenvalue weighted by molar-refractivity contribution is -0.120. The van der Waals surface area contributed by atoms with E-state index in [0.717, 1.165) is 17.3 Å². The lowest BCUT2D eigenvalue weighted by atomic mass is 9.92. The van der Waals surface area contributed by atoms with Crippen molar-refractivity contribution in [2.24, 2.45) is 5.92 Å². The van der Waals surface area contributed by atoms with Crippen LogP contribution in [0.4, 0.5) is 10.5 Å². The van der Waals surface area contributed by atoms with Gasteiger partial charge in [-0.3, -0.25) is 4.79 Å². The third kappa shape index (κ3) is 2.33. The fraction of sp³-hybridized carbons (Fsp3) is 0.429. The average Bonchev–Trinajstić information content (AvgIpc) is 2.76. The number of carbonyl (C=O) groups is 2. The quantitative estimate of drug-likeness (QED) is 0.841. The van der Waals surface area contributed by atoms with Crippen molar-refractivity contribution in [1.29, 1.82) is 0 Å². The molecule has 0 bridgehead atoms. The van der Waals surface area contributed by atoms with Crippen molar-refractivity contribution in [3.63, 3.8) is 0 Å². The summed E-state index contributed by atoms with van der Waals surface area (Å²) in [5, 5.41) is 2.81. The first-order chi connectivity index (χ1) is 9.68. The van der Waals surface area contributed by atoms with Gasteiger partial charge in [-0.2, -0.15) is 0 Å². The fourth-order valence-electron chi connectivity index (χ4n) is 2.73. The molecule has 2 aliphatic rings. The number of nitrogens with zero attached hydrogens (tertiary/aromatic N) is 1. The summed E-state index contributed by atoms with van der Waals surface area (Å²) in [6, 6.07) is 6.45. The molecule has 1 N–H and O–H groups in total. The van der Waals surface area contributed by atoms with E-state index < -0.39 is 6.04 Å². The van der Waals surface area contributed by atoms with Gasteiger partial charge in [-0.25, -0.2) is 9.69 Å². The molecule has 2 saturated heterocycles. The molecule has 0 aliphatic carbocycles. The normalized spacial score (nSPS) is 24.1. The summed E-state index contributed by atoms with van der Waals surface area (Å²) in [7, 11) is 0. The van der Waals surface area contributed by atoms with Crippen LogP contribution in [-0.2, 0) is 9.53 Å². The highest BCUT2D eigenvalue weighted by molar-refractivity contribution is 9.10. The molecule has 3 rings (SSSR count). The van der Waals surface area contributed by atoms with Crippen LogP contribution in [0.15, 0.2) is 28.7 Å². The van der Waals surface area contributed by atoms with E-state index in [0.29, 0.717) is 18.9 Å². The summed E-state index contributed by atoms with van der Waals surface area (Å²) >= 11 is 3.38. The molecule has 106 valence electrons. The Morgan fingerprint density at radius 2 is 1.90 bits per heavy atom. The number of hydrogen-bond donors (Lipinski definition) is 1. The zero-order valence-corrected chi connectivity index (χ0v) is 12.4. The summed E-state index contributed by atoms with van der Waals surface area (Å²) in [5.74, 6) is -0.0125. The Labute approximate surface area is 125 Å². The van der Waals surface area contributed by atoms with E-state index in [9.17, 15) is 9.59 Å². The van der Waals surface area contributed by atoms with Crippen molar-refractivity contribution in [2.45, 2.75) is 18.9 Å². The molecule has 0 spiro atoms. The standard InChI is InChI=1S/C14H15BrN2O3/c15-10-3-1-2-4-11(10)17-13(18)12(16-14(17)19)9-5-7-20-8-6-9/h1-4,9,12H,5-8H2,(H,16,19). The first-order valence-corrected chi connectivity index (χ1v) is 7.44. The zero-order valence-electron chi connectivity index (χ0n) is 10.8. The number of hydrogen-bond acceptors (Lipinski definition) is 3. The maximum absolute atomic E-state index is 12.5. The van der Waals surface area contributed by atoms with E-state index in [1.54, 1.807) is 6.07 Å². The fourth-order valence-corrected chi connectivity index (χ4v) is 3.19. The Bertz CT molecular complexity index is 543. The van der Waals surface area contributed by atoms with Crippen LogP contribution in [0, 0.1) is 5.92 Å². The third-order valence-corrected chi connectivity index (χ3v) is 4.47. The zero-order chi connectivity index (χ0) is 14.1. The number of anilines is 1. The van der Waals surface area contributed by atoms with Gasteiger partial charge in [0.25, 0.3) is 5.91 Å². The SMILES string of the molecule is O=C1NC(C2CCOCC2)C(=O)N1c1ccccc1Br. The molecule has 1 atom stereocenters. The Balaban J connectivity index is 1.85. The van der Waals surface area contributed by atoms with Gasteiger partial charge < -0.3 is 10.1 Å². The topological polar surface area (TPSA) is 58.6 Å². The largest absolute Gasteiger partial charge is 0.381 e. The third-order valence-electron chi connectivity index (χ3n) is 3.80. The number of rotatable bonds is 2. The van der Waals surface area contributed by atoms with Gasteiger partial charge in [-0.05, 0) is 46.8 Å². The van der Waals surface area contributed by atoms with Crippen LogP contribution < -0.4 is 10.2 Å². The molecule has 1 unspecified atom stereocenters.